The fourth-order valence-electron chi connectivity index (χ4n) is 4.29. The standard InChI is InChI=1S/C26H31N5O2/c1-4-11-30-12-13-31(25(32)23-16-22(18(2)3)28-29-23)24(26(30)33)15-19-7-5-8-20(14-19)21-9-6-10-27-17-21/h5-10,14,16-18,24H,4,11-13,15H2,1-3H3,(H,28,29)/t24-/m0/s1. The number of rotatable bonds is 7. The summed E-state index contributed by atoms with van der Waals surface area (Å²) >= 11 is 0. The first kappa shape index (κ1) is 22.7. The van der Waals surface area contributed by atoms with E-state index in [1.165, 1.54) is 0 Å². The van der Waals surface area contributed by atoms with Gasteiger partial charge in [0.25, 0.3) is 5.91 Å². The van der Waals surface area contributed by atoms with Crippen molar-refractivity contribution in [2.24, 2.45) is 0 Å². The van der Waals surface area contributed by atoms with Crippen LogP contribution in [0.1, 0.15) is 54.9 Å². The highest BCUT2D eigenvalue weighted by Gasteiger charge is 2.38. The Balaban J connectivity index is 1.62. The number of hydrogen-bond acceptors (Lipinski definition) is 4. The minimum absolute atomic E-state index is 0.00264. The number of amides is 2. The molecule has 3 aromatic rings. The largest absolute Gasteiger partial charge is 0.339 e. The fourth-order valence-corrected chi connectivity index (χ4v) is 4.29. The van der Waals surface area contributed by atoms with Gasteiger partial charge in [-0.05, 0) is 41.2 Å². The zero-order valence-corrected chi connectivity index (χ0v) is 19.5. The van der Waals surface area contributed by atoms with E-state index in [0.29, 0.717) is 31.7 Å². The molecule has 1 aromatic carbocycles. The Kier molecular flexibility index (Phi) is 6.87. The normalized spacial score (nSPS) is 16.5. The molecule has 1 N–H and O–H groups in total. The number of piperazine rings is 1. The van der Waals surface area contributed by atoms with Crippen LogP contribution in [0.5, 0.6) is 0 Å². The highest BCUT2D eigenvalue weighted by molar-refractivity contribution is 5.97. The van der Waals surface area contributed by atoms with Crippen molar-refractivity contribution in [2.45, 2.75) is 45.6 Å². The maximum atomic E-state index is 13.4. The van der Waals surface area contributed by atoms with Crippen molar-refractivity contribution in [1.82, 2.24) is 25.0 Å². The second kappa shape index (κ2) is 9.98. The molecule has 2 amide bonds. The van der Waals surface area contributed by atoms with Gasteiger partial charge in [-0.25, -0.2) is 0 Å². The fraction of sp³-hybridized carbons (Fsp3) is 0.385. The Hall–Kier alpha value is -3.48. The Labute approximate surface area is 194 Å². The number of pyridine rings is 1. The molecule has 1 atom stereocenters. The number of hydrogen-bond donors (Lipinski definition) is 1. The molecule has 1 aliphatic heterocycles. The third-order valence-electron chi connectivity index (χ3n) is 6.13. The highest BCUT2D eigenvalue weighted by Crippen LogP contribution is 2.24. The predicted molar refractivity (Wildman–Crippen MR) is 128 cm³/mol. The van der Waals surface area contributed by atoms with Gasteiger partial charge in [0.05, 0.1) is 0 Å². The van der Waals surface area contributed by atoms with E-state index >= 15 is 0 Å². The number of carbonyl (C=O) groups excluding carboxylic acids is 2. The number of nitrogens with one attached hydrogen (secondary N) is 1. The lowest BCUT2D eigenvalue weighted by atomic mass is 9.97. The van der Waals surface area contributed by atoms with E-state index in [0.717, 1.165) is 28.8 Å². The molecule has 0 saturated carbocycles. The second-order valence-electron chi connectivity index (χ2n) is 8.85. The number of nitrogens with zero attached hydrogens (tertiary/aromatic N) is 4. The SMILES string of the molecule is CCCN1CCN(C(=O)c2cc(C(C)C)[nH]n2)[C@@H](Cc2cccc(-c3cccnc3)c2)C1=O. The molecule has 1 aliphatic rings. The third kappa shape index (κ3) is 4.97. The quantitative estimate of drug-likeness (QED) is 0.598. The first-order valence-electron chi connectivity index (χ1n) is 11.6. The first-order valence-corrected chi connectivity index (χ1v) is 11.6. The lowest BCUT2D eigenvalue weighted by molar-refractivity contribution is -0.140. The summed E-state index contributed by atoms with van der Waals surface area (Å²) in [4.78, 5) is 34.6. The molecular formula is C26H31N5O2. The maximum absolute atomic E-state index is 13.4. The zero-order chi connectivity index (χ0) is 23.4. The van der Waals surface area contributed by atoms with Gasteiger partial charge >= 0.3 is 0 Å². The van der Waals surface area contributed by atoms with Crippen LogP contribution in [0.4, 0.5) is 0 Å². The number of aromatic amines is 1. The monoisotopic (exact) mass is 445 g/mol. The van der Waals surface area contributed by atoms with E-state index in [9.17, 15) is 9.59 Å². The number of benzene rings is 1. The van der Waals surface area contributed by atoms with Gasteiger partial charge in [-0.1, -0.05) is 51.1 Å². The van der Waals surface area contributed by atoms with Crippen LogP contribution >= 0.6 is 0 Å². The summed E-state index contributed by atoms with van der Waals surface area (Å²) in [5.41, 5.74) is 4.35. The Morgan fingerprint density at radius 2 is 1.97 bits per heavy atom. The minimum Gasteiger partial charge on any atom is -0.339 e. The molecule has 7 heteroatoms. The summed E-state index contributed by atoms with van der Waals surface area (Å²) in [5, 5.41) is 7.20. The number of H-pyrrole nitrogens is 1. The summed E-state index contributed by atoms with van der Waals surface area (Å²) in [7, 11) is 0. The van der Waals surface area contributed by atoms with E-state index in [1.54, 1.807) is 17.2 Å². The molecule has 0 spiro atoms. The molecular weight excluding hydrogens is 414 g/mol. The maximum Gasteiger partial charge on any atom is 0.275 e. The zero-order valence-electron chi connectivity index (χ0n) is 19.5. The van der Waals surface area contributed by atoms with Crippen molar-refractivity contribution in [3.05, 3.63) is 71.8 Å². The molecule has 172 valence electrons. The van der Waals surface area contributed by atoms with Gasteiger partial charge in [-0.3, -0.25) is 19.7 Å². The van der Waals surface area contributed by atoms with Crippen molar-refractivity contribution in [2.75, 3.05) is 19.6 Å². The average molecular weight is 446 g/mol. The van der Waals surface area contributed by atoms with Gasteiger partial charge in [-0.2, -0.15) is 5.10 Å². The lowest BCUT2D eigenvalue weighted by Crippen LogP contribution is -2.59. The predicted octanol–water partition coefficient (Wildman–Crippen LogP) is 3.90. The molecule has 3 heterocycles. The topological polar surface area (TPSA) is 82.2 Å². The van der Waals surface area contributed by atoms with Crippen LogP contribution < -0.4 is 0 Å². The Morgan fingerprint density at radius 3 is 2.67 bits per heavy atom. The first-order chi connectivity index (χ1) is 16.0. The molecule has 33 heavy (non-hydrogen) atoms. The van der Waals surface area contributed by atoms with Crippen LogP contribution in [0.25, 0.3) is 11.1 Å². The summed E-state index contributed by atoms with van der Waals surface area (Å²) in [5.74, 6) is 0.0482. The molecule has 4 rings (SSSR count). The van der Waals surface area contributed by atoms with E-state index in [2.05, 4.69) is 28.2 Å². The van der Waals surface area contributed by atoms with E-state index in [-0.39, 0.29) is 17.7 Å². The molecule has 0 bridgehead atoms. The molecule has 0 aliphatic carbocycles. The lowest BCUT2D eigenvalue weighted by Gasteiger charge is -2.40. The van der Waals surface area contributed by atoms with Gasteiger partial charge in [0, 0.05) is 44.1 Å². The number of aromatic nitrogens is 3. The summed E-state index contributed by atoms with van der Waals surface area (Å²) < 4.78 is 0. The van der Waals surface area contributed by atoms with Gasteiger partial charge < -0.3 is 9.80 Å². The molecule has 1 fully saturated rings. The van der Waals surface area contributed by atoms with Gasteiger partial charge in [0.2, 0.25) is 5.91 Å². The Bertz CT molecular complexity index is 1110. The molecule has 1 saturated heterocycles. The van der Waals surface area contributed by atoms with Crippen molar-refractivity contribution in [3.63, 3.8) is 0 Å². The van der Waals surface area contributed by atoms with E-state index in [1.807, 2.05) is 55.3 Å². The van der Waals surface area contributed by atoms with Crippen LogP contribution in [-0.2, 0) is 11.2 Å². The van der Waals surface area contributed by atoms with Crippen LogP contribution in [-0.4, -0.2) is 62.5 Å². The van der Waals surface area contributed by atoms with Gasteiger partial charge in [0.15, 0.2) is 0 Å². The van der Waals surface area contributed by atoms with Gasteiger partial charge in [0.1, 0.15) is 11.7 Å². The van der Waals surface area contributed by atoms with Crippen LogP contribution in [0.3, 0.4) is 0 Å². The van der Waals surface area contributed by atoms with Crippen molar-refractivity contribution < 1.29 is 9.59 Å². The average Bonchev–Trinajstić information content (AvgIpc) is 3.33. The van der Waals surface area contributed by atoms with Crippen molar-refractivity contribution in [1.29, 1.82) is 0 Å². The second-order valence-corrected chi connectivity index (χ2v) is 8.85. The van der Waals surface area contributed by atoms with E-state index < -0.39 is 6.04 Å². The van der Waals surface area contributed by atoms with Crippen molar-refractivity contribution in [3.8, 4) is 11.1 Å². The summed E-state index contributed by atoms with van der Waals surface area (Å²) in [6.45, 7) is 7.91. The highest BCUT2D eigenvalue weighted by atomic mass is 16.2. The summed E-state index contributed by atoms with van der Waals surface area (Å²) in [6, 6.07) is 13.3. The molecule has 0 radical (unpaired) electrons. The van der Waals surface area contributed by atoms with Crippen molar-refractivity contribution >= 4 is 11.8 Å². The smallest absolute Gasteiger partial charge is 0.275 e. The van der Waals surface area contributed by atoms with Gasteiger partial charge in [-0.15, -0.1) is 0 Å². The third-order valence-corrected chi connectivity index (χ3v) is 6.13. The molecule has 2 aromatic heterocycles. The molecule has 7 nitrogen and oxygen atoms in total. The van der Waals surface area contributed by atoms with Crippen LogP contribution in [0.15, 0.2) is 54.9 Å². The molecule has 0 unspecified atom stereocenters. The minimum atomic E-state index is -0.554. The van der Waals surface area contributed by atoms with E-state index in [4.69, 9.17) is 0 Å². The Morgan fingerprint density at radius 1 is 1.15 bits per heavy atom. The van der Waals surface area contributed by atoms with Crippen LogP contribution in [0, 0.1) is 0 Å². The number of carbonyl (C=O) groups is 2. The summed E-state index contributed by atoms with van der Waals surface area (Å²) in [6.07, 6.45) is 4.92. The van der Waals surface area contributed by atoms with Crippen LogP contribution in [0.2, 0.25) is 0 Å².